The van der Waals surface area contributed by atoms with Crippen LogP contribution in [0.15, 0.2) is 84.9 Å². The van der Waals surface area contributed by atoms with Gasteiger partial charge in [-0.15, -0.1) is 0 Å². The van der Waals surface area contributed by atoms with Crippen molar-refractivity contribution >= 4 is 29.5 Å². The summed E-state index contributed by atoms with van der Waals surface area (Å²) < 4.78 is 4.85. The quantitative estimate of drug-likeness (QED) is 0.227. The molecule has 0 saturated carbocycles. The molecule has 3 N–H and O–H groups in total. The minimum atomic E-state index is -0.841. The zero-order valence-corrected chi connectivity index (χ0v) is 28.5. The van der Waals surface area contributed by atoms with Crippen LogP contribution in [0.25, 0.3) is 0 Å². The van der Waals surface area contributed by atoms with Gasteiger partial charge in [0.1, 0.15) is 0 Å². The number of urea groups is 1. The van der Waals surface area contributed by atoms with E-state index < -0.39 is 17.0 Å². The Morgan fingerprint density at radius 2 is 1.48 bits per heavy atom. The van der Waals surface area contributed by atoms with Gasteiger partial charge < -0.3 is 30.3 Å². The zero-order chi connectivity index (χ0) is 34.0. The van der Waals surface area contributed by atoms with Crippen LogP contribution in [0.5, 0.6) is 0 Å². The van der Waals surface area contributed by atoms with E-state index in [-0.39, 0.29) is 24.6 Å². The number of likely N-dealkylation sites (tertiary alicyclic amines) is 2. The van der Waals surface area contributed by atoms with Gasteiger partial charge >= 0.3 is 12.0 Å². The van der Waals surface area contributed by atoms with Gasteiger partial charge in [-0.2, -0.15) is 0 Å². The SMILES string of the molecule is CC(=O)OCC(=O)N1CCC(NC(=O)NCC(CCCN2CCC(O)(c3ccc(Cl)cc3)CC2)(c2ccccc2)c2ccccc2)CC1. The molecule has 256 valence electrons. The predicted molar refractivity (Wildman–Crippen MR) is 187 cm³/mol. The second-order valence-electron chi connectivity index (χ2n) is 13.1. The van der Waals surface area contributed by atoms with Crippen molar-refractivity contribution in [2.45, 2.75) is 62.5 Å². The van der Waals surface area contributed by atoms with Crippen LogP contribution in [0.2, 0.25) is 5.02 Å². The van der Waals surface area contributed by atoms with Crippen molar-refractivity contribution in [3.63, 3.8) is 0 Å². The molecule has 2 heterocycles. The van der Waals surface area contributed by atoms with Gasteiger partial charge in [-0.05, 0) is 73.9 Å². The van der Waals surface area contributed by atoms with Crippen molar-refractivity contribution < 1.29 is 24.2 Å². The lowest BCUT2D eigenvalue weighted by atomic mass is 9.71. The Hall–Kier alpha value is -3.92. The van der Waals surface area contributed by atoms with Crippen molar-refractivity contribution in [2.75, 3.05) is 45.9 Å². The van der Waals surface area contributed by atoms with Crippen LogP contribution in [0.3, 0.4) is 0 Å². The van der Waals surface area contributed by atoms with Crippen LogP contribution in [-0.4, -0.2) is 84.7 Å². The lowest BCUT2D eigenvalue weighted by molar-refractivity contribution is -0.150. The summed E-state index contributed by atoms with van der Waals surface area (Å²) in [7, 11) is 0. The molecule has 0 bridgehead atoms. The zero-order valence-electron chi connectivity index (χ0n) is 27.7. The summed E-state index contributed by atoms with van der Waals surface area (Å²) >= 11 is 6.08. The van der Waals surface area contributed by atoms with Crippen LogP contribution >= 0.6 is 11.6 Å². The lowest BCUT2D eigenvalue weighted by Gasteiger charge is -2.40. The molecule has 5 rings (SSSR count). The molecule has 3 aromatic rings. The number of amides is 3. The summed E-state index contributed by atoms with van der Waals surface area (Å²) in [6, 6.07) is 28.0. The number of esters is 1. The average molecular weight is 675 g/mol. The lowest BCUT2D eigenvalue weighted by Crippen LogP contribution is -2.52. The first-order chi connectivity index (χ1) is 23.2. The van der Waals surface area contributed by atoms with Gasteiger partial charge in [-0.1, -0.05) is 84.4 Å². The number of nitrogens with zero attached hydrogens (tertiary/aromatic N) is 2. The number of carbonyl (C=O) groups excluding carboxylic acids is 3. The molecule has 48 heavy (non-hydrogen) atoms. The third kappa shape index (κ3) is 9.15. The largest absolute Gasteiger partial charge is 0.456 e. The minimum Gasteiger partial charge on any atom is -0.456 e. The smallest absolute Gasteiger partial charge is 0.315 e. The fourth-order valence-corrected chi connectivity index (χ4v) is 7.18. The molecule has 3 amide bonds. The van der Waals surface area contributed by atoms with E-state index in [0.717, 1.165) is 49.2 Å². The molecule has 3 aromatic carbocycles. The van der Waals surface area contributed by atoms with E-state index in [9.17, 15) is 19.5 Å². The Labute approximate surface area is 288 Å². The molecule has 9 nitrogen and oxygen atoms in total. The van der Waals surface area contributed by atoms with Gasteiger partial charge in [0.2, 0.25) is 0 Å². The fourth-order valence-electron chi connectivity index (χ4n) is 7.06. The maximum Gasteiger partial charge on any atom is 0.315 e. The van der Waals surface area contributed by atoms with Gasteiger partial charge in [-0.25, -0.2) is 4.79 Å². The van der Waals surface area contributed by atoms with Crippen LogP contribution in [0, 0.1) is 0 Å². The van der Waals surface area contributed by atoms with Crippen LogP contribution in [0.4, 0.5) is 4.79 Å². The first kappa shape index (κ1) is 35.4. The number of carbonyl (C=O) groups is 3. The minimum absolute atomic E-state index is 0.0590. The summed E-state index contributed by atoms with van der Waals surface area (Å²) in [6.07, 6.45) is 4.32. The number of piperidine rings is 2. The Kier molecular flexibility index (Phi) is 12.1. The highest BCUT2D eigenvalue weighted by Crippen LogP contribution is 2.38. The summed E-state index contributed by atoms with van der Waals surface area (Å²) in [5, 5.41) is 18.4. The second-order valence-corrected chi connectivity index (χ2v) is 13.5. The van der Waals surface area contributed by atoms with E-state index in [1.54, 1.807) is 4.90 Å². The molecule has 0 spiro atoms. The molecule has 10 heteroatoms. The van der Waals surface area contributed by atoms with Crippen molar-refractivity contribution in [3.05, 3.63) is 107 Å². The topological polar surface area (TPSA) is 111 Å². The maximum absolute atomic E-state index is 13.3. The van der Waals surface area contributed by atoms with Gasteiger partial charge in [-0.3, -0.25) is 9.59 Å². The average Bonchev–Trinajstić information content (AvgIpc) is 3.11. The number of nitrogens with one attached hydrogen (secondary N) is 2. The number of hydrogen-bond donors (Lipinski definition) is 3. The molecule has 0 aromatic heterocycles. The Morgan fingerprint density at radius 3 is 2.04 bits per heavy atom. The fraction of sp³-hybridized carbons (Fsp3) is 0.447. The third-order valence-electron chi connectivity index (χ3n) is 9.93. The van der Waals surface area contributed by atoms with Crippen LogP contribution in [-0.2, 0) is 25.3 Å². The van der Waals surface area contributed by atoms with Gasteiger partial charge in [0, 0.05) is 56.1 Å². The molecule has 2 aliphatic rings. The number of ether oxygens (including phenoxy) is 1. The van der Waals surface area contributed by atoms with E-state index in [1.807, 2.05) is 60.7 Å². The Morgan fingerprint density at radius 1 is 0.896 bits per heavy atom. The third-order valence-corrected chi connectivity index (χ3v) is 10.2. The van der Waals surface area contributed by atoms with E-state index in [0.29, 0.717) is 50.3 Å². The molecule has 2 aliphatic heterocycles. The highest BCUT2D eigenvalue weighted by atomic mass is 35.5. The van der Waals surface area contributed by atoms with E-state index in [4.69, 9.17) is 16.3 Å². The van der Waals surface area contributed by atoms with Crippen molar-refractivity contribution in [2.24, 2.45) is 0 Å². The molecule has 2 saturated heterocycles. The van der Waals surface area contributed by atoms with Gasteiger partial charge in [0.25, 0.3) is 5.91 Å². The summed E-state index contributed by atoms with van der Waals surface area (Å²) in [4.78, 5) is 40.8. The summed E-state index contributed by atoms with van der Waals surface area (Å²) in [5.74, 6) is -0.696. The molecule has 0 unspecified atom stereocenters. The number of benzene rings is 3. The van der Waals surface area contributed by atoms with Crippen LogP contribution < -0.4 is 10.6 Å². The second kappa shape index (κ2) is 16.5. The highest BCUT2D eigenvalue weighted by Gasteiger charge is 2.37. The standard InChI is InChI=1S/C38H47ClN4O5/c1-29(44)48-27-35(45)43-23-17-34(18-24-43)41-36(46)40-28-37(30-9-4-2-5-10-30,31-11-6-3-7-12-31)19-8-22-42-25-20-38(47,21-26-42)32-13-15-33(39)16-14-32/h2-7,9-16,34,47H,8,17-28H2,1H3,(H2,40,41,46). The molecule has 0 aliphatic carbocycles. The molecule has 0 radical (unpaired) electrons. The van der Waals surface area contributed by atoms with Gasteiger partial charge in [0.05, 0.1) is 5.60 Å². The van der Waals surface area contributed by atoms with Crippen molar-refractivity contribution in [1.82, 2.24) is 20.4 Å². The first-order valence-corrected chi connectivity index (χ1v) is 17.3. The Bertz CT molecular complexity index is 1450. The maximum atomic E-state index is 13.3. The normalized spacial score (nSPS) is 17.0. The highest BCUT2D eigenvalue weighted by molar-refractivity contribution is 6.30. The number of rotatable bonds is 12. The monoisotopic (exact) mass is 674 g/mol. The Balaban J connectivity index is 1.21. The van der Waals surface area contributed by atoms with E-state index in [1.165, 1.54) is 6.92 Å². The molecular formula is C38H47ClN4O5. The molecular weight excluding hydrogens is 628 g/mol. The van der Waals surface area contributed by atoms with Crippen molar-refractivity contribution in [1.29, 1.82) is 0 Å². The van der Waals surface area contributed by atoms with Crippen LogP contribution in [0.1, 0.15) is 62.1 Å². The first-order valence-electron chi connectivity index (χ1n) is 16.9. The van der Waals surface area contributed by atoms with Crippen molar-refractivity contribution in [3.8, 4) is 0 Å². The van der Waals surface area contributed by atoms with Gasteiger partial charge in [0.15, 0.2) is 6.61 Å². The summed E-state index contributed by atoms with van der Waals surface area (Å²) in [5.41, 5.74) is 1.92. The number of aliphatic hydroxyl groups is 1. The molecule has 2 fully saturated rings. The summed E-state index contributed by atoms with van der Waals surface area (Å²) in [6.45, 7) is 4.94. The van der Waals surface area contributed by atoms with E-state index in [2.05, 4.69) is 39.8 Å². The molecule has 0 atom stereocenters. The van der Waals surface area contributed by atoms with E-state index >= 15 is 0 Å². The number of hydrogen-bond acceptors (Lipinski definition) is 6. The predicted octanol–water partition coefficient (Wildman–Crippen LogP) is 5.24. The number of halogens is 1.